The summed E-state index contributed by atoms with van der Waals surface area (Å²) >= 11 is 0. The molecule has 3 saturated heterocycles. The highest BCUT2D eigenvalue weighted by Crippen LogP contribution is 2.39. The monoisotopic (exact) mass is 344 g/mol. The zero-order valence-electron chi connectivity index (χ0n) is 14.0. The lowest BCUT2D eigenvalue weighted by Crippen LogP contribution is -2.54. The van der Waals surface area contributed by atoms with E-state index in [1.54, 1.807) is 12.1 Å². The lowest BCUT2D eigenvalue weighted by Gasteiger charge is -2.41. The van der Waals surface area contributed by atoms with Crippen LogP contribution in [0.5, 0.6) is 0 Å². The Morgan fingerprint density at radius 2 is 1.52 bits per heavy atom. The molecule has 0 aromatic heterocycles. The van der Waals surface area contributed by atoms with Gasteiger partial charge in [0.15, 0.2) is 0 Å². The Kier molecular flexibility index (Phi) is 4.06. The number of likely N-dealkylation sites (tertiary alicyclic amines) is 1. The predicted molar refractivity (Wildman–Crippen MR) is 87.9 cm³/mol. The highest BCUT2D eigenvalue weighted by Gasteiger charge is 2.47. The molecule has 6 heteroatoms. The predicted octanol–water partition coefficient (Wildman–Crippen LogP) is 2.04. The van der Waals surface area contributed by atoms with E-state index in [0.717, 1.165) is 18.4 Å². The van der Waals surface area contributed by atoms with Gasteiger partial charge in [-0.25, -0.2) is 4.39 Å². The van der Waals surface area contributed by atoms with Crippen molar-refractivity contribution in [3.63, 3.8) is 0 Å². The van der Waals surface area contributed by atoms with Crippen LogP contribution in [0.25, 0.3) is 0 Å². The Balaban J connectivity index is 1.45. The van der Waals surface area contributed by atoms with Gasteiger partial charge in [-0.1, -0.05) is 12.1 Å². The van der Waals surface area contributed by atoms with Gasteiger partial charge in [-0.15, -0.1) is 0 Å². The average Bonchev–Trinajstić information content (AvgIpc) is 3.06. The van der Waals surface area contributed by atoms with Crippen LogP contribution in [0.4, 0.5) is 4.39 Å². The van der Waals surface area contributed by atoms with Gasteiger partial charge in [0.1, 0.15) is 5.82 Å². The molecule has 132 valence electrons. The van der Waals surface area contributed by atoms with Crippen molar-refractivity contribution in [2.45, 2.75) is 63.1 Å². The van der Waals surface area contributed by atoms with Crippen molar-refractivity contribution in [3.8, 4) is 0 Å². The summed E-state index contributed by atoms with van der Waals surface area (Å²) in [7, 11) is 0. The maximum absolute atomic E-state index is 13.0. The minimum atomic E-state index is -0.308. The largest absolute Gasteiger partial charge is 0.336 e. The van der Waals surface area contributed by atoms with E-state index in [1.165, 1.54) is 17.0 Å². The number of nitrogens with zero attached hydrogens (tertiary/aromatic N) is 2. The van der Waals surface area contributed by atoms with Gasteiger partial charge in [0, 0.05) is 31.0 Å². The number of piperidine rings is 1. The molecule has 1 aromatic rings. The molecule has 4 rings (SSSR count). The van der Waals surface area contributed by atoms with Gasteiger partial charge in [0.2, 0.25) is 17.7 Å². The molecule has 1 aromatic carbocycles. The molecule has 3 atom stereocenters. The van der Waals surface area contributed by atoms with E-state index in [2.05, 4.69) is 0 Å². The van der Waals surface area contributed by atoms with Crippen molar-refractivity contribution >= 4 is 17.7 Å². The summed E-state index contributed by atoms with van der Waals surface area (Å²) in [6.45, 7) is 0. The van der Waals surface area contributed by atoms with Gasteiger partial charge in [-0.05, 0) is 43.4 Å². The molecule has 0 spiro atoms. The number of halogens is 1. The zero-order chi connectivity index (χ0) is 17.6. The molecule has 3 fully saturated rings. The van der Waals surface area contributed by atoms with Gasteiger partial charge in [0.25, 0.3) is 0 Å². The molecular formula is C19H21FN2O3. The van der Waals surface area contributed by atoms with Crippen molar-refractivity contribution in [2.24, 2.45) is 0 Å². The van der Waals surface area contributed by atoms with E-state index in [9.17, 15) is 18.8 Å². The second-order valence-corrected chi connectivity index (χ2v) is 7.27. The fraction of sp³-hybridized carbons (Fsp3) is 0.526. The molecule has 3 aliphatic heterocycles. The molecular weight excluding hydrogens is 323 g/mol. The number of hydrogen-bond donors (Lipinski definition) is 0. The van der Waals surface area contributed by atoms with Crippen LogP contribution in [0, 0.1) is 5.82 Å². The van der Waals surface area contributed by atoms with Crippen LogP contribution in [-0.2, 0) is 20.8 Å². The van der Waals surface area contributed by atoms with Crippen LogP contribution in [-0.4, -0.2) is 45.6 Å². The highest BCUT2D eigenvalue weighted by molar-refractivity contribution is 6.02. The molecule has 5 nitrogen and oxygen atoms in total. The summed E-state index contributed by atoms with van der Waals surface area (Å²) < 4.78 is 13.0. The van der Waals surface area contributed by atoms with Crippen LogP contribution >= 0.6 is 0 Å². The fourth-order valence-corrected chi connectivity index (χ4v) is 4.64. The Labute approximate surface area is 145 Å². The van der Waals surface area contributed by atoms with Gasteiger partial charge >= 0.3 is 0 Å². The van der Waals surface area contributed by atoms with Crippen molar-refractivity contribution in [3.05, 3.63) is 35.6 Å². The van der Waals surface area contributed by atoms with Gasteiger partial charge in [-0.3, -0.25) is 19.3 Å². The number of rotatable bonds is 3. The second kappa shape index (κ2) is 6.24. The lowest BCUT2D eigenvalue weighted by atomic mass is 9.95. The smallest absolute Gasteiger partial charge is 0.229 e. The number of imide groups is 1. The highest BCUT2D eigenvalue weighted by atomic mass is 19.1. The third-order valence-electron chi connectivity index (χ3n) is 5.72. The SMILES string of the molecule is O=C1CCC(=O)N1C1C[C@H]2CC[C@@H](C1)N2C(=O)Cc1ccc(F)cc1. The van der Waals surface area contributed by atoms with Crippen LogP contribution in [0.2, 0.25) is 0 Å². The van der Waals surface area contributed by atoms with Crippen molar-refractivity contribution in [2.75, 3.05) is 0 Å². The standard InChI is InChI=1S/C19H21FN2O3/c20-13-3-1-12(2-4-13)9-19(25)21-14-5-6-15(21)11-16(10-14)22-17(23)7-8-18(22)24/h1-4,14-16H,5-11H2/t14-,15+,16?. The summed E-state index contributed by atoms with van der Waals surface area (Å²) in [6, 6.07) is 6.15. The minimum absolute atomic E-state index is 0.0524. The maximum atomic E-state index is 13.0. The van der Waals surface area contributed by atoms with Crippen LogP contribution in [0.15, 0.2) is 24.3 Å². The topological polar surface area (TPSA) is 57.7 Å². The number of carbonyl (C=O) groups excluding carboxylic acids is 3. The first-order chi connectivity index (χ1) is 12.0. The summed E-state index contributed by atoms with van der Waals surface area (Å²) in [5.41, 5.74) is 0.804. The summed E-state index contributed by atoms with van der Waals surface area (Å²) in [5.74, 6) is -0.394. The fourth-order valence-electron chi connectivity index (χ4n) is 4.64. The Morgan fingerprint density at radius 3 is 2.08 bits per heavy atom. The minimum Gasteiger partial charge on any atom is -0.336 e. The summed E-state index contributed by atoms with van der Waals surface area (Å²) in [5, 5.41) is 0. The van der Waals surface area contributed by atoms with E-state index >= 15 is 0 Å². The van der Waals surface area contributed by atoms with E-state index in [0.29, 0.717) is 25.7 Å². The molecule has 2 bridgehead atoms. The number of benzene rings is 1. The Bertz CT molecular complexity index is 688. The molecule has 3 amide bonds. The van der Waals surface area contributed by atoms with Crippen LogP contribution in [0.1, 0.15) is 44.1 Å². The molecule has 25 heavy (non-hydrogen) atoms. The molecule has 0 radical (unpaired) electrons. The first-order valence-corrected chi connectivity index (χ1v) is 8.93. The lowest BCUT2D eigenvalue weighted by molar-refractivity contribution is -0.144. The maximum Gasteiger partial charge on any atom is 0.229 e. The Hall–Kier alpha value is -2.24. The average molecular weight is 344 g/mol. The van der Waals surface area contributed by atoms with Gasteiger partial charge in [-0.2, -0.15) is 0 Å². The quantitative estimate of drug-likeness (QED) is 0.789. The number of fused-ring (bicyclic) bond motifs is 2. The van der Waals surface area contributed by atoms with Crippen LogP contribution < -0.4 is 0 Å². The first-order valence-electron chi connectivity index (χ1n) is 8.93. The molecule has 3 heterocycles. The third-order valence-corrected chi connectivity index (χ3v) is 5.72. The number of hydrogen-bond acceptors (Lipinski definition) is 3. The number of carbonyl (C=O) groups is 3. The molecule has 1 unspecified atom stereocenters. The summed E-state index contributed by atoms with van der Waals surface area (Å²) in [4.78, 5) is 40.1. The third kappa shape index (κ3) is 2.94. The van der Waals surface area contributed by atoms with Crippen molar-refractivity contribution < 1.29 is 18.8 Å². The number of amides is 3. The molecule has 3 aliphatic rings. The Morgan fingerprint density at radius 1 is 0.960 bits per heavy atom. The van der Waals surface area contributed by atoms with E-state index in [1.807, 2.05) is 4.90 Å². The summed E-state index contributed by atoms with van der Waals surface area (Å²) in [6.07, 6.45) is 4.11. The van der Waals surface area contributed by atoms with Crippen molar-refractivity contribution in [1.82, 2.24) is 9.80 Å². The zero-order valence-corrected chi connectivity index (χ0v) is 14.0. The molecule has 0 saturated carbocycles. The van der Waals surface area contributed by atoms with Crippen LogP contribution in [0.3, 0.4) is 0 Å². The van der Waals surface area contributed by atoms with E-state index in [-0.39, 0.29) is 48.1 Å². The first kappa shape index (κ1) is 16.2. The van der Waals surface area contributed by atoms with E-state index in [4.69, 9.17) is 0 Å². The normalized spacial score (nSPS) is 28.8. The van der Waals surface area contributed by atoms with Crippen molar-refractivity contribution in [1.29, 1.82) is 0 Å². The van der Waals surface area contributed by atoms with Gasteiger partial charge < -0.3 is 4.90 Å². The second-order valence-electron chi connectivity index (χ2n) is 7.27. The van der Waals surface area contributed by atoms with Gasteiger partial charge in [0.05, 0.1) is 6.42 Å². The molecule has 0 N–H and O–H groups in total. The van der Waals surface area contributed by atoms with E-state index < -0.39 is 0 Å². The molecule has 0 aliphatic carbocycles.